The number of hydrogen-bond acceptors (Lipinski definition) is 7. The van der Waals surface area contributed by atoms with E-state index in [9.17, 15) is 0 Å². The Morgan fingerprint density at radius 3 is 2.46 bits per heavy atom. The summed E-state index contributed by atoms with van der Waals surface area (Å²) in [7, 11) is 4.09. The highest BCUT2D eigenvalue weighted by Gasteiger charge is 2.09. The molecule has 0 fully saturated rings. The normalized spacial score (nSPS) is 10.7. The van der Waals surface area contributed by atoms with Crippen molar-refractivity contribution in [2.24, 2.45) is 0 Å². The van der Waals surface area contributed by atoms with E-state index in [2.05, 4.69) is 86.3 Å². The van der Waals surface area contributed by atoms with Crippen LogP contribution < -0.4 is 26.2 Å². The second-order valence-electron chi connectivity index (χ2n) is 8.98. The second kappa shape index (κ2) is 12.1. The van der Waals surface area contributed by atoms with Crippen molar-refractivity contribution in [2.75, 3.05) is 46.8 Å². The molecule has 198 valence electrons. The Balaban J connectivity index is 1.19. The van der Waals surface area contributed by atoms with E-state index in [1.807, 2.05) is 56.7 Å². The van der Waals surface area contributed by atoms with Gasteiger partial charge in [-0.1, -0.05) is 24.3 Å². The molecule has 5 aromatic rings. The van der Waals surface area contributed by atoms with Gasteiger partial charge in [-0.25, -0.2) is 9.97 Å². The molecule has 0 aliphatic heterocycles. The molecule has 0 atom stereocenters. The van der Waals surface area contributed by atoms with E-state index >= 15 is 0 Å². The molecule has 9 nitrogen and oxygen atoms in total. The van der Waals surface area contributed by atoms with Gasteiger partial charge in [0.2, 0.25) is 5.95 Å². The zero-order valence-electron chi connectivity index (χ0n) is 21.5. The highest BCUT2D eigenvalue weighted by atomic mass is 79.9. The van der Waals surface area contributed by atoms with Crippen LogP contribution in [0.3, 0.4) is 0 Å². The molecular weight excluding hydrogens is 574 g/mol. The third-order valence-corrected chi connectivity index (χ3v) is 6.79. The number of aromatic amines is 1. The van der Waals surface area contributed by atoms with Crippen molar-refractivity contribution in [3.8, 4) is 0 Å². The van der Waals surface area contributed by atoms with Crippen LogP contribution in [0.15, 0.2) is 83.9 Å². The number of fused-ring (bicyclic) bond motifs is 1. The van der Waals surface area contributed by atoms with E-state index < -0.39 is 0 Å². The minimum Gasteiger partial charge on any atom is -0.377 e. The van der Waals surface area contributed by atoms with Gasteiger partial charge in [-0.3, -0.25) is 0 Å². The van der Waals surface area contributed by atoms with Crippen molar-refractivity contribution >= 4 is 78.5 Å². The third kappa shape index (κ3) is 6.62. The molecule has 3 aromatic carbocycles. The molecule has 0 unspecified atom stereocenters. The zero-order chi connectivity index (χ0) is 27.2. The fraction of sp³-hybridized carbons (Fsp3) is 0.143. The first-order valence-electron chi connectivity index (χ1n) is 12.3. The average Bonchev–Trinajstić information content (AvgIpc) is 3.45. The molecule has 0 saturated heterocycles. The number of aromatic nitrogens is 4. The van der Waals surface area contributed by atoms with Crippen molar-refractivity contribution < 1.29 is 0 Å². The van der Waals surface area contributed by atoms with E-state index in [4.69, 9.17) is 12.2 Å². The van der Waals surface area contributed by atoms with Gasteiger partial charge in [0, 0.05) is 73.0 Å². The Hall–Kier alpha value is -4.22. The summed E-state index contributed by atoms with van der Waals surface area (Å²) in [6.45, 7) is 0.698. The monoisotopic (exact) mass is 601 g/mol. The lowest BCUT2D eigenvalue weighted by atomic mass is 10.1. The van der Waals surface area contributed by atoms with Crippen molar-refractivity contribution in [3.63, 3.8) is 0 Å². The summed E-state index contributed by atoms with van der Waals surface area (Å²) < 4.78 is 0.791. The summed E-state index contributed by atoms with van der Waals surface area (Å²) in [5.41, 5.74) is 4.82. The molecule has 5 N–H and O–H groups in total. The van der Waals surface area contributed by atoms with Gasteiger partial charge in [-0.2, -0.15) is 4.98 Å². The maximum atomic E-state index is 5.61. The molecule has 0 spiro atoms. The first-order chi connectivity index (χ1) is 19.0. The maximum Gasteiger partial charge on any atom is 0.229 e. The standard InChI is InChI=1S/C28H28BrN9S/c1-38(2)25-12-11-24(21-5-3-4-6-22(21)25)36-28(39)35-19-9-7-18(8-10-19)34-27-32-16-23(29)26(37-27)31-14-13-20-15-30-17-33-20/h3-12,15-17H,13-14H2,1-2H3,(H,30,33)(H2,35,36,39)(H2,31,32,34,37). The predicted octanol–water partition coefficient (Wildman–Crippen LogP) is 6.39. The quantitative estimate of drug-likeness (QED) is 0.123. The topological polar surface area (TPSA) is 106 Å². The Kier molecular flexibility index (Phi) is 8.18. The van der Waals surface area contributed by atoms with Crippen LogP contribution in [0.2, 0.25) is 0 Å². The average molecular weight is 603 g/mol. The molecule has 5 rings (SSSR count). The number of H-pyrrole nitrogens is 1. The predicted molar refractivity (Wildman–Crippen MR) is 168 cm³/mol. The summed E-state index contributed by atoms with van der Waals surface area (Å²) >= 11 is 9.11. The van der Waals surface area contributed by atoms with Crippen LogP contribution in [-0.4, -0.2) is 45.7 Å². The van der Waals surface area contributed by atoms with E-state index in [1.54, 1.807) is 12.5 Å². The number of halogens is 1. The van der Waals surface area contributed by atoms with Gasteiger partial charge in [0.05, 0.1) is 16.5 Å². The minimum absolute atomic E-state index is 0.492. The second-order valence-corrected chi connectivity index (χ2v) is 10.2. The number of thiocarbonyl (C=S) groups is 1. The van der Waals surface area contributed by atoms with Crippen LogP contribution in [0.25, 0.3) is 10.8 Å². The van der Waals surface area contributed by atoms with Crippen LogP contribution in [0, 0.1) is 0 Å². The van der Waals surface area contributed by atoms with Crippen molar-refractivity contribution in [2.45, 2.75) is 6.42 Å². The van der Waals surface area contributed by atoms with Crippen LogP contribution in [0.5, 0.6) is 0 Å². The Morgan fingerprint density at radius 2 is 1.72 bits per heavy atom. The van der Waals surface area contributed by atoms with Gasteiger partial charge in [0.15, 0.2) is 5.11 Å². The van der Waals surface area contributed by atoms with E-state index in [0.29, 0.717) is 23.4 Å². The molecule has 0 aliphatic rings. The number of nitrogens with one attached hydrogen (secondary N) is 5. The molecule has 39 heavy (non-hydrogen) atoms. The van der Waals surface area contributed by atoms with Crippen molar-refractivity contribution in [1.29, 1.82) is 0 Å². The Morgan fingerprint density at radius 1 is 0.949 bits per heavy atom. The number of benzene rings is 3. The molecule has 2 heterocycles. The van der Waals surface area contributed by atoms with Crippen LogP contribution in [-0.2, 0) is 6.42 Å². The zero-order valence-corrected chi connectivity index (χ0v) is 23.9. The Labute approximate surface area is 240 Å². The molecule has 11 heteroatoms. The molecule has 0 radical (unpaired) electrons. The minimum atomic E-state index is 0.492. The van der Waals surface area contributed by atoms with Gasteiger partial charge in [0.25, 0.3) is 0 Å². The summed E-state index contributed by atoms with van der Waals surface area (Å²) in [5, 5.41) is 16.0. The summed E-state index contributed by atoms with van der Waals surface area (Å²) in [5.74, 6) is 1.20. The maximum absolute atomic E-state index is 5.61. The SMILES string of the molecule is CN(C)c1ccc(NC(=S)Nc2ccc(Nc3ncc(Br)c(NCCc4c[nH]cn4)n3)cc2)c2ccccc12. The molecule has 0 amide bonds. The number of anilines is 6. The van der Waals surface area contributed by atoms with Crippen LogP contribution in [0.1, 0.15) is 5.69 Å². The smallest absolute Gasteiger partial charge is 0.229 e. The largest absolute Gasteiger partial charge is 0.377 e. The van der Waals surface area contributed by atoms with Gasteiger partial charge < -0.3 is 31.2 Å². The van der Waals surface area contributed by atoms with Crippen LogP contribution in [0.4, 0.5) is 34.5 Å². The highest BCUT2D eigenvalue weighted by molar-refractivity contribution is 9.10. The fourth-order valence-electron chi connectivity index (χ4n) is 4.12. The van der Waals surface area contributed by atoms with Gasteiger partial charge in [-0.15, -0.1) is 0 Å². The fourth-order valence-corrected chi connectivity index (χ4v) is 4.68. The van der Waals surface area contributed by atoms with E-state index in [1.165, 1.54) is 0 Å². The van der Waals surface area contributed by atoms with Gasteiger partial charge in [0.1, 0.15) is 5.82 Å². The molecule has 0 aliphatic carbocycles. The number of hydrogen-bond donors (Lipinski definition) is 5. The number of nitrogens with zero attached hydrogens (tertiary/aromatic N) is 4. The molecular formula is C28H28BrN9S. The first kappa shape index (κ1) is 26.4. The Bertz CT molecular complexity index is 1570. The van der Waals surface area contributed by atoms with Gasteiger partial charge in [-0.05, 0) is 64.5 Å². The molecule has 2 aromatic heterocycles. The number of rotatable bonds is 9. The lowest BCUT2D eigenvalue weighted by Gasteiger charge is -2.18. The van der Waals surface area contributed by atoms with E-state index in [0.717, 1.165) is 50.1 Å². The number of imidazole rings is 1. The third-order valence-electron chi connectivity index (χ3n) is 6.00. The lowest BCUT2D eigenvalue weighted by molar-refractivity contribution is 0.962. The van der Waals surface area contributed by atoms with Crippen LogP contribution >= 0.6 is 28.1 Å². The summed E-state index contributed by atoms with van der Waals surface area (Å²) in [4.78, 5) is 18.3. The van der Waals surface area contributed by atoms with Crippen molar-refractivity contribution in [3.05, 3.63) is 89.6 Å². The van der Waals surface area contributed by atoms with E-state index in [-0.39, 0.29) is 0 Å². The summed E-state index contributed by atoms with van der Waals surface area (Å²) in [6.07, 6.45) is 6.07. The highest BCUT2D eigenvalue weighted by Crippen LogP contribution is 2.31. The first-order valence-corrected chi connectivity index (χ1v) is 13.5. The molecule has 0 bridgehead atoms. The lowest BCUT2D eigenvalue weighted by Crippen LogP contribution is -2.19. The van der Waals surface area contributed by atoms with Crippen molar-refractivity contribution in [1.82, 2.24) is 19.9 Å². The summed E-state index contributed by atoms with van der Waals surface area (Å²) in [6, 6.07) is 20.2. The van der Waals surface area contributed by atoms with Gasteiger partial charge >= 0.3 is 0 Å². The molecule has 0 saturated carbocycles.